The van der Waals surface area contributed by atoms with Crippen molar-refractivity contribution in [2.75, 3.05) is 48.6 Å². The highest BCUT2D eigenvalue weighted by Gasteiger charge is 2.15. The molecule has 0 bridgehead atoms. The Morgan fingerprint density at radius 2 is 1.95 bits per heavy atom. The zero-order valence-electron chi connectivity index (χ0n) is 11.3. The van der Waals surface area contributed by atoms with Crippen LogP contribution in [-0.4, -0.2) is 57.3 Å². The summed E-state index contributed by atoms with van der Waals surface area (Å²) in [6.07, 6.45) is 1.72. The first-order chi connectivity index (χ1) is 9.00. The molecule has 6 nitrogen and oxygen atoms in total. The smallest absolute Gasteiger partial charge is 0.233 e. The Kier molecular flexibility index (Phi) is 4.26. The van der Waals surface area contributed by atoms with E-state index in [9.17, 15) is 8.42 Å². The maximum absolute atomic E-state index is 11.4. The van der Waals surface area contributed by atoms with E-state index in [2.05, 4.69) is 26.6 Å². The first kappa shape index (κ1) is 14.1. The standard InChI is InChI=1S/C12H20N4O2S/c1-3-19(17,18)14-12-5-4-11(10-13-12)16-8-6-15(2)7-9-16/h4-5,10H,3,6-9H2,1-2H3,(H,13,14). The molecule has 1 aliphatic heterocycles. The van der Waals surface area contributed by atoms with Crippen LogP contribution in [0.25, 0.3) is 0 Å². The quantitative estimate of drug-likeness (QED) is 0.877. The monoisotopic (exact) mass is 284 g/mol. The Balaban J connectivity index is 2.02. The van der Waals surface area contributed by atoms with Gasteiger partial charge >= 0.3 is 0 Å². The van der Waals surface area contributed by atoms with Crippen LogP contribution in [0, 0.1) is 0 Å². The predicted molar refractivity (Wildman–Crippen MR) is 77.0 cm³/mol. The van der Waals surface area contributed by atoms with Gasteiger partial charge in [-0.1, -0.05) is 0 Å². The summed E-state index contributed by atoms with van der Waals surface area (Å²) in [5.74, 6) is 0.425. The zero-order valence-corrected chi connectivity index (χ0v) is 12.2. The van der Waals surface area contributed by atoms with Gasteiger partial charge in [0.15, 0.2) is 0 Å². The van der Waals surface area contributed by atoms with Crippen LogP contribution < -0.4 is 9.62 Å². The molecular weight excluding hydrogens is 264 g/mol. The largest absolute Gasteiger partial charge is 0.368 e. The van der Waals surface area contributed by atoms with Crippen molar-refractivity contribution in [3.63, 3.8) is 0 Å². The summed E-state index contributed by atoms with van der Waals surface area (Å²) < 4.78 is 25.3. The lowest BCUT2D eigenvalue weighted by Gasteiger charge is -2.33. The van der Waals surface area contributed by atoms with Crippen molar-refractivity contribution in [1.82, 2.24) is 9.88 Å². The number of hydrogen-bond donors (Lipinski definition) is 1. The Hall–Kier alpha value is -1.34. The fourth-order valence-corrected chi connectivity index (χ4v) is 2.51. The summed E-state index contributed by atoms with van der Waals surface area (Å²) in [6, 6.07) is 3.62. The van der Waals surface area contributed by atoms with Gasteiger partial charge in [0.25, 0.3) is 0 Å². The average Bonchev–Trinajstić information content (AvgIpc) is 2.40. The van der Waals surface area contributed by atoms with Crippen LogP contribution in [0.5, 0.6) is 0 Å². The third-order valence-electron chi connectivity index (χ3n) is 3.26. The minimum atomic E-state index is -3.25. The molecular formula is C12H20N4O2S. The number of rotatable bonds is 4. The molecule has 0 atom stereocenters. The molecule has 1 aromatic heterocycles. The highest BCUT2D eigenvalue weighted by Crippen LogP contribution is 2.17. The second-order valence-electron chi connectivity index (χ2n) is 4.70. The van der Waals surface area contributed by atoms with E-state index in [1.54, 1.807) is 19.2 Å². The van der Waals surface area contributed by atoms with E-state index in [1.165, 1.54) is 0 Å². The number of anilines is 2. The number of hydrogen-bond acceptors (Lipinski definition) is 5. The first-order valence-electron chi connectivity index (χ1n) is 6.40. The second kappa shape index (κ2) is 5.75. The summed E-state index contributed by atoms with van der Waals surface area (Å²) in [5.41, 5.74) is 1.03. The van der Waals surface area contributed by atoms with Gasteiger partial charge in [-0.05, 0) is 26.1 Å². The number of nitrogens with zero attached hydrogens (tertiary/aromatic N) is 3. The zero-order chi connectivity index (χ0) is 13.9. The van der Waals surface area contributed by atoms with Crippen molar-refractivity contribution >= 4 is 21.5 Å². The minimum Gasteiger partial charge on any atom is -0.368 e. The molecule has 0 amide bonds. The molecule has 0 saturated carbocycles. The maximum Gasteiger partial charge on any atom is 0.233 e. The molecule has 2 rings (SSSR count). The predicted octanol–water partition coefficient (Wildman–Crippen LogP) is 0.595. The van der Waals surface area contributed by atoms with E-state index in [0.717, 1.165) is 31.9 Å². The number of piperazine rings is 1. The highest BCUT2D eigenvalue weighted by atomic mass is 32.2. The lowest BCUT2D eigenvalue weighted by atomic mass is 10.3. The van der Waals surface area contributed by atoms with Gasteiger partial charge in [-0.15, -0.1) is 0 Å². The molecule has 1 aliphatic rings. The summed E-state index contributed by atoms with van der Waals surface area (Å²) in [6.45, 7) is 5.60. The molecule has 106 valence electrons. The number of pyridine rings is 1. The Morgan fingerprint density at radius 1 is 1.26 bits per heavy atom. The van der Waals surface area contributed by atoms with Crippen molar-refractivity contribution < 1.29 is 8.42 Å². The first-order valence-corrected chi connectivity index (χ1v) is 8.05. The van der Waals surface area contributed by atoms with Gasteiger partial charge in [0.05, 0.1) is 17.6 Å². The highest BCUT2D eigenvalue weighted by molar-refractivity contribution is 7.92. The van der Waals surface area contributed by atoms with Crippen molar-refractivity contribution in [2.24, 2.45) is 0 Å². The van der Waals surface area contributed by atoms with Gasteiger partial charge < -0.3 is 9.80 Å². The molecule has 0 unspecified atom stereocenters. The molecule has 19 heavy (non-hydrogen) atoms. The van der Waals surface area contributed by atoms with Crippen molar-refractivity contribution in [3.8, 4) is 0 Å². The van der Waals surface area contributed by atoms with Crippen molar-refractivity contribution in [1.29, 1.82) is 0 Å². The molecule has 0 aromatic carbocycles. The molecule has 1 aromatic rings. The third kappa shape index (κ3) is 3.81. The third-order valence-corrected chi connectivity index (χ3v) is 4.54. The van der Waals surface area contributed by atoms with E-state index in [1.807, 2.05) is 6.07 Å². The van der Waals surface area contributed by atoms with Crippen LogP contribution in [0.15, 0.2) is 18.3 Å². The molecule has 1 N–H and O–H groups in total. The van der Waals surface area contributed by atoms with Gasteiger partial charge in [-0.3, -0.25) is 4.72 Å². The van der Waals surface area contributed by atoms with Gasteiger partial charge in [0.2, 0.25) is 10.0 Å². The van der Waals surface area contributed by atoms with Crippen LogP contribution in [0.4, 0.5) is 11.5 Å². The van der Waals surface area contributed by atoms with E-state index >= 15 is 0 Å². The number of nitrogens with one attached hydrogen (secondary N) is 1. The summed E-state index contributed by atoms with van der Waals surface area (Å²) in [4.78, 5) is 8.70. The van der Waals surface area contributed by atoms with Crippen LogP contribution >= 0.6 is 0 Å². The van der Waals surface area contributed by atoms with Crippen molar-refractivity contribution in [3.05, 3.63) is 18.3 Å². The molecule has 0 spiro atoms. The number of likely N-dealkylation sites (N-methyl/N-ethyl adjacent to an activating group) is 1. The molecule has 2 heterocycles. The second-order valence-corrected chi connectivity index (χ2v) is 6.71. The molecule has 0 radical (unpaired) electrons. The van der Waals surface area contributed by atoms with Gasteiger partial charge in [0, 0.05) is 26.2 Å². The Morgan fingerprint density at radius 3 is 2.47 bits per heavy atom. The lowest BCUT2D eigenvalue weighted by molar-refractivity contribution is 0.313. The average molecular weight is 284 g/mol. The van der Waals surface area contributed by atoms with E-state index in [0.29, 0.717) is 5.82 Å². The summed E-state index contributed by atoms with van der Waals surface area (Å²) in [7, 11) is -1.14. The molecule has 0 aliphatic carbocycles. The van der Waals surface area contributed by atoms with E-state index < -0.39 is 10.0 Å². The van der Waals surface area contributed by atoms with Crippen LogP contribution in [0.1, 0.15) is 6.92 Å². The fourth-order valence-electron chi connectivity index (χ4n) is 1.93. The van der Waals surface area contributed by atoms with Crippen LogP contribution in [0.2, 0.25) is 0 Å². The lowest BCUT2D eigenvalue weighted by Crippen LogP contribution is -2.44. The number of aromatic nitrogens is 1. The summed E-state index contributed by atoms with van der Waals surface area (Å²) in [5, 5.41) is 0. The molecule has 1 saturated heterocycles. The SMILES string of the molecule is CCS(=O)(=O)Nc1ccc(N2CCN(C)CC2)cn1. The Labute approximate surface area is 114 Å². The molecule has 1 fully saturated rings. The van der Waals surface area contributed by atoms with E-state index in [-0.39, 0.29) is 5.75 Å². The molecule has 7 heteroatoms. The maximum atomic E-state index is 11.4. The normalized spacial score (nSPS) is 17.5. The van der Waals surface area contributed by atoms with E-state index in [4.69, 9.17) is 0 Å². The van der Waals surface area contributed by atoms with Crippen molar-refractivity contribution in [2.45, 2.75) is 6.92 Å². The van der Waals surface area contributed by atoms with Gasteiger partial charge in [-0.25, -0.2) is 13.4 Å². The Bertz CT molecular complexity index is 507. The van der Waals surface area contributed by atoms with Crippen LogP contribution in [-0.2, 0) is 10.0 Å². The van der Waals surface area contributed by atoms with Gasteiger partial charge in [0.1, 0.15) is 5.82 Å². The minimum absolute atomic E-state index is 0.0505. The topological polar surface area (TPSA) is 65.5 Å². The summed E-state index contributed by atoms with van der Waals surface area (Å²) >= 11 is 0. The fraction of sp³-hybridized carbons (Fsp3) is 0.583. The number of sulfonamides is 1. The van der Waals surface area contributed by atoms with Gasteiger partial charge in [-0.2, -0.15) is 0 Å². The van der Waals surface area contributed by atoms with Crippen LogP contribution in [0.3, 0.4) is 0 Å².